The van der Waals surface area contributed by atoms with Crippen LogP contribution in [0.2, 0.25) is 0 Å². The highest BCUT2D eigenvalue weighted by atomic mass is 14.3. The van der Waals surface area contributed by atoms with E-state index in [1.54, 1.807) is 66.8 Å². The third kappa shape index (κ3) is 13.4. The van der Waals surface area contributed by atoms with Crippen molar-refractivity contribution in [3.63, 3.8) is 0 Å². The molecule has 5 aliphatic rings. The van der Waals surface area contributed by atoms with Crippen molar-refractivity contribution >= 4 is 43.5 Å². The van der Waals surface area contributed by atoms with Crippen LogP contribution in [0.25, 0.3) is 54.6 Å². The molecule has 5 aliphatic carbocycles. The predicted octanol–water partition coefficient (Wildman–Crippen LogP) is 25.5. The Hall–Kier alpha value is -7.54. The number of fused-ring (bicyclic) bond motifs is 8. The van der Waals surface area contributed by atoms with E-state index in [1.807, 2.05) is 0 Å². The van der Waals surface area contributed by atoms with E-state index >= 15 is 0 Å². The summed E-state index contributed by atoms with van der Waals surface area (Å²) in [4.78, 5) is 0. The molecule has 0 heterocycles. The van der Waals surface area contributed by atoms with Crippen molar-refractivity contribution in [3.05, 3.63) is 275 Å². The summed E-state index contributed by atoms with van der Waals surface area (Å²) >= 11 is 0. The molecular formula is C89H104. The molecule has 460 valence electrons. The minimum Gasteiger partial charge on any atom is -0.0657 e. The summed E-state index contributed by atoms with van der Waals surface area (Å²) in [6, 6.07) is 36.8. The molecule has 9 aromatic carbocycles. The first-order chi connectivity index (χ1) is 41.8. The van der Waals surface area contributed by atoms with Crippen LogP contribution in [0.15, 0.2) is 142 Å². The fourth-order valence-corrected chi connectivity index (χ4v) is 14.3. The largest absolute Gasteiger partial charge is 0.0657 e. The zero-order valence-corrected chi connectivity index (χ0v) is 59.8. The van der Waals surface area contributed by atoms with E-state index in [2.05, 4.69) is 277 Å². The van der Waals surface area contributed by atoms with Gasteiger partial charge >= 0.3 is 0 Å². The van der Waals surface area contributed by atoms with E-state index in [4.69, 9.17) is 0 Å². The second-order valence-corrected chi connectivity index (χ2v) is 28.3. The molecule has 0 fully saturated rings. The normalized spacial score (nSPS) is 14.2. The summed E-state index contributed by atoms with van der Waals surface area (Å²) in [5, 5.41) is 8.08. The summed E-state index contributed by atoms with van der Waals surface area (Å²) < 4.78 is 0. The standard InChI is InChI=1S/C18H18.C18H22.C17H18.C14H16.C12H16.C10H14/c1-11-5-15-9-17-7-13(3)14(4)8-18(17)10-16(15)6-12(11)2;1-9-7-15-13(5)18-12(4)10(2)8-16(18)14(6)17(15)11(9)3;1-10-5-14-9-15-6-11(2)13(4)8-17(15)16(14)7-12(10)3;1-9-5-13-7-11(3)12(4)8-14(13)6-10(9)2;1-7-5-11-10(4)8(2)6-12(11)9(7)3;1-7-5-9(3)10(4)6-8(7)2/h5-10H,1-4H3;7-8H2,1-6H3;5-8H,9H2,1-4H3;5-8H,1-4H3;5-6H2,1-4H3;5-6H,1-4H3. The molecule has 0 radical (unpaired) electrons. The average Bonchev–Trinajstić information content (AvgIpc) is 1.81. The van der Waals surface area contributed by atoms with E-state index in [0.29, 0.717) is 0 Å². The van der Waals surface area contributed by atoms with E-state index in [-0.39, 0.29) is 0 Å². The van der Waals surface area contributed by atoms with Gasteiger partial charge in [0.1, 0.15) is 0 Å². The van der Waals surface area contributed by atoms with Crippen LogP contribution in [-0.4, -0.2) is 0 Å². The molecule has 0 atom stereocenters. The van der Waals surface area contributed by atoms with E-state index in [0.717, 1.165) is 19.3 Å². The summed E-state index contributed by atoms with van der Waals surface area (Å²) in [5.74, 6) is 0. The van der Waals surface area contributed by atoms with Crippen molar-refractivity contribution in [1.82, 2.24) is 0 Å². The molecule has 0 saturated carbocycles. The Balaban J connectivity index is 0.000000128. The first-order valence-corrected chi connectivity index (χ1v) is 33.0. The summed E-state index contributed by atoms with van der Waals surface area (Å²) in [6.07, 6.45) is 5.85. The van der Waals surface area contributed by atoms with Gasteiger partial charge in [-0.25, -0.2) is 0 Å². The van der Waals surface area contributed by atoms with Gasteiger partial charge in [0.2, 0.25) is 0 Å². The minimum atomic E-state index is 1.10. The van der Waals surface area contributed by atoms with Gasteiger partial charge in [-0.2, -0.15) is 0 Å². The lowest BCUT2D eigenvalue weighted by atomic mass is 9.87. The third-order valence-corrected chi connectivity index (χ3v) is 21.9. The Morgan fingerprint density at radius 3 is 0.674 bits per heavy atom. The number of benzene rings is 9. The number of hydrogen-bond acceptors (Lipinski definition) is 0. The van der Waals surface area contributed by atoms with Crippen LogP contribution in [0.5, 0.6) is 0 Å². The molecule has 0 bridgehead atoms. The number of aryl methyl sites for hydroxylation is 16. The van der Waals surface area contributed by atoms with Crippen molar-refractivity contribution in [2.24, 2.45) is 0 Å². The maximum absolute atomic E-state index is 2.36. The highest BCUT2D eigenvalue weighted by Gasteiger charge is 2.29. The highest BCUT2D eigenvalue weighted by Crippen LogP contribution is 2.47. The molecular weight excluding hydrogens is 1070 g/mol. The van der Waals surface area contributed by atoms with Crippen molar-refractivity contribution in [3.8, 4) is 11.1 Å². The van der Waals surface area contributed by atoms with Crippen LogP contribution in [0.4, 0.5) is 0 Å². The Labute approximate surface area is 538 Å². The van der Waals surface area contributed by atoms with E-state index in [1.165, 1.54) is 179 Å². The monoisotopic (exact) mass is 1170 g/mol. The molecule has 0 saturated heterocycles. The molecule has 14 rings (SSSR count). The van der Waals surface area contributed by atoms with Gasteiger partial charge in [0.25, 0.3) is 0 Å². The molecule has 0 unspecified atom stereocenters. The maximum Gasteiger partial charge on any atom is -0.00132 e. The van der Waals surface area contributed by atoms with Crippen molar-refractivity contribution in [1.29, 1.82) is 0 Å². The van der Waals surface area contributed by atoms with E-state index in [9.17, 15) is 0 Å². The Bertz CT molecular complexity index is 4150. The molecule has 0 aromatic heterocycles. The molecule has 0 heteroatoms. The fraction of sp³-hybridized carbons (Fsp3) is 0.348. The third-order valence-electron chi connectivity index (χ3n) is 21.9. The van der Waals surface area contributed by atoms with Crippen LogP contribution in [0.3, 0.4) is 0 Å². The lowest BCUT2D eigenvalue weighted by Crippen LogP contribution is -2.01. The number of allylic oxidation sites excluding steroid dienone is 10. The van der Waals surface area contributed by atoms with Gasteiger partial charge < -0.3 is 0 Å². The molecule has 0 amide bonds. The van der Waals surface area contributed by atoms with E-state index < -0.39 is 0 Å². The summed E-state index contributed by atoms with van der Waals surface area (Å²) in [6.45, 7) is 57.7. The van der Waals surface area contributed by atoms with Gasteiger partial charge in [0, 0.05) is 0 Å². The van der Waals surface area contributed by atoms with Crippen LogP contribution >= 0.6 is 0 Å². The van der Waals surface area contributed by atoms with Crippen molar-refractivity contribution in [2.45, 2.75) is 212 Å². The molecule has 0 spiro atoms. The highest BCUT2D eigenvalue weighted by molar-refractivity contribution is 5.99. The zero-order valence-electron chi connectivity index (χ0n) is 59.8. The quantitative estimate of drug-likeness (QED) is 0.133. The van der Waals surface area contributed by atoms with Gasteiger partial charge in [0.05, 0.1) is 0 Å². The molecule has 0 nitrogen and oxygen atoms in total. The summed E-state index contributed by atoms with van der Waals surface area (Å²) in [7, 11) is 0. The van der Waals surface area contributed by atoms with Gasteiger partial charge in [0.15, 0.2) is 0 Å². The number of hydrogen-bond donors (Lipinski definition) is 0. The zero-order chi connectivity index (χ0) is 65.1. The predicted molar refractivity (Wildman–Crippen MR) is 395 cm³/mol. The lowest BCUT2D eigenvalue weighted by molar-refractivity contribution is 1.10. The molecule has 89 heavy (non-hydrogen) atoms. The first-order valence-electron chi connectivity index (χ1n) is 33.0. The van der Waals surface area contributed by atoms with Crippen LogP contribution in [0, 0.1) is 125 Å². The molecule has 0 N–H and O–H groups in total. The summed E-state index contributed by atoms with van der Waals surface area (Å²) in [5.41, 5.74) is 53.1. The van der Waals surface area contributed by atoms with Gasteiger partial charge in [-0.05, 0) is 435 Å². The van der Waals surface area contributed by atoms with Crippen molar-refractivity contribution < 1.29 is 0 Å². The SMILES string of the molecule is CC1=C(C)C2=C(C1)C(C)=C(C)C2.CC1=C(C)c2c(C)c3c(c(C)c2C1)C(C)=C(C)C3.Cc1cc(C)c(C)cc1C.Cc1cc2c(cc1C)-c1cc(C)c(C)cc1C2.Cc1cc2cc(C)c(C)cc2cc1C.Cc1cc2cc3cc(C)c(C)cc3cc2cc1C. The molecule has 9 aromatic rings. The Morgan fingerprint density at radius 1 is 0.191 bits per heavy atom. The van der Waals surface area contributed by atoms with Crippen molar-refractivity contribution in [2.75, 3.05) is 0 Å². The Kier molecular flexibility index (Phi) is 19.3. The minimum absolute atomic E-state index is 1.10. The van der Waals surface area contributed by atoms with Gasteiger partial charge in [-0.1, -0.05) is 107 Å². The Morgan fingerprint density at radius 2 is 0.404 bits per heavy atom. The van der Waals surface area contributed by atoms with Crippen LogP contribution in [-0.2, 0) is 19.3 Å². The van der Waals surface area contributed by atoms with Gasteiger partial charge in [-0.15, -0.1) is 0 Å². The van der Waals surface area contributed by atoms with Crippen LogP contribution in [0.1, 0.15) is 202 Å². The second-order valence-electron chi connectivity index (χ2n) is 28.3. The second kappa shape index (κ2) is 26.1. The smallest absolute Gasteiger partial charge is 0.00132 e. The topological polar surface area (TPSA) is 0 Å². The number of rotatable bonds is 0. The molecule has 0 aliphatic heterocycles. The fourth-order valence-electron chi connectivity index (χ4n) is 14.3. The first kappa shape index (κ1) is 65.9. The van der Waals surface area contributed by atoms with Crippen LogP contribution < -0.4 is 0 Å². The average molecular weight is 1170 g/mol. The van der Waals surface area contributed by atoms with Gasteiger partial charge in [-0.3, -0.25) is 0 Å². The maximum atomic E-state index is 2.36. The lowest BCUT2D eigenvalue weighted by Gasteiger charge is -2.17.